The summed E-state index contributed by atoms with van der Waals surface area (Å²) in [6.45, 7) is 5.81. The second kappa shape index (κ2) is 7.48. The number of hydrogen-bond acceptors (Lipinski definition) is 5. The van der Waals surface area contributed by atoms with Crippen molar-refractivity contribution in [3.63, 3.8) is 0 Å². The minimum Gasteiger partial charge on any atom is -0.325 e. The van der Waals surface area contributed by atoms with Gasteiger partial charge in [0.1, 0.15) is 0 Å². The molecule has 0 radical (unpaired) electrons. The minimum absolute atomic E-state index is 0.0787. The van der Waals surface area contributed by atoms with Gasteiger partial charge in [-0.15, -0.1) is 5.10 Å². The second-order valence-corrected chi connectivity index (χ2v) is 7.03. The average Bonchev–Trinajstić information content (AvgIpc) is 3.07. The molecule has 1 heterocycles. The first-order chi connectivity index (χ1) is 12.1. The number of amides is 1. The molecular formula is C18H19N5OS. The van der Waals surface area contributed by atoms with Crippen LogP contribution in [0.5, 0.6) is 0 Å². The van der Waals surface area contributed by atoms with Crippen LogP contribution in [0.4, 0.5) is 5.69 Å². The number of aromatic nitrogens is 4. The summed E-state index contributed by atoms with van der Waals surface area (Å²) < 4.78 is 1.63. The van der Waals surface area contributed by atoms with Crippen molar-refractivity contribution in [3.05, 3.63) is 59.7 Å². The minimum atomic E-state index is -0.340. The van der Waals surface area contributed by atoms with Gasteiger partial charge in [-0.25, -0.2) is 0 Å². The Kier molecular flexibility index (Phi) is 5.14. The van der Waals surface area contributed by atoms with E-state index in [4.69, 9.17) is 0 Å². The van der Waals surface area contributed by atoms with Gasteiger partial charge >= 0.3 is 0 Å². The molecule has 1 amide bonds. The van der Waals surface area contributed by atoms with Crippen molar-refractivity contribution in [1.82, 2.24) is 20.2 Å². The van der Waals surface area contributed by atoms with Crippen molar-refractivity contribution in [3.8, 4) is 5.69 Å². The van der Waals surface area contributed by atoms with E-state index in [0.717, 1.165) is 22.5 Å². The summed E-state index contributed by atoms with van der Waals surface area (Å²) in [4.78, 5) is 12.6. The molecule has 0 spiro atoms. The molecule has 0 aliphatic heterocycles. The molecule has 25 heavy (non-hydrogen) atoms. The van der Waals surface area contributed by atoms with Crippen molar-refractivity contribution in [1.29, 1.82) is 0 Å². The molecule has 128 valence electrons. The number of benzene rings is 2. The first-order valence-corrected chi connectivity index (χ1v) is 8.82. The monoisotopic (exact) mass is 353 g/mol. The number of aryl methyl sites for hydroxylation is 2. The summed E-state index contributed by atoms with van der Waals surface area (Å²) in [5.74, 6) is -0.0787. The molecule has 6 nitrogen and oxygen atoms in total. The smallest absolute Gasteiger partial charge is 0.237 e. The summed E-state index contributed by atoms with van der Waals surface area (Å²) in [6, 6.07) is 15.6. The molecule has 0 saturated carbocycles. The van der Waals surface area contributed by atoms with Crippen molar-refractivity contribution in [2.45, 2.75) is 31.2 Å². The van der Waals surface area contributed by atoms with Crippen LogP contribution in [0.15, 0.2) is 53.7 Å². The number of para-hydroxylation sites is 2. The molecule has 1 N–H and O–H groups in total. The third kappa shape index (κ3) is 3.88. The number of hydrogen-bond donors (Lipinski definition) is 1. The van der Waals surface area contributed by atoms with Crippen LogP contribution in [0.25, 0.3) is 5.69 Å². The number of carbonyl (C=O) groups is 1. The lowest BCUT2D eigenvalue weighted by Gasteiger charge is -2.15. The van der Waals surface area contributed by atoms with Crippen molar-refractivity contribution < 1.29 is 4.79 Å². The Morgan fingerprint density at radius 2 is 1.76 bits per heavy atom. The van der Waals surface area contributed by atoms with E-state index in [-0.39, 0.29) is 11.2 Å². The quantitative estimate of drug-likeness (QED) is 0.712. The molecule has 0 saturated heterocycles. The topological polar surface area (TPSA) is 72.7 Å². The highest BCUT2D eigenvalue weighted by Crippen LogP contribution is 2.25. The predicted octanol–water partition coefficient (Wildman–Crippen LogP) is 3.40. The Morgan fingerprint density at radius 1 is 1.08 bits per heavy atom. The lowest BCUT2D eigenvalue weighted by molar-refractivity contribution is -0.115. The average molecular weight is 353 g/mol. The van der Waals surface area contributed by atoms with Crippen LogP contribution in [-0.4, -0.2) is 31.4 Å². The Labute approximate surface area is 150 Å². The molecule has 2 aromatic carbocycles. The van der Waals surface area contributed by atoms with Crippen LogP contribution in [0.1, 0.15) is 18.1 Å². The number of thioether (sulfide) groups is 1. The molecule has 0 aliphatic carbocycles. The summed E-state index contributed by atoms with van der Waals surface area (Å²) in [6.07, 6.45) is 0. The van der Waals surface area contributed by atoms with Gasteiger partial charge in [0.2, 0.25) is 11.1 Å². The van der Waals surface area contributed by atoms with Gasteiger partial charge in [0.25, 0.3) is 0 Å². The van der Waals surface area contributed by atoms with Gasteiger partial charge in [-0.1, -0.05) is 48.2 Å². The molecule has 1 unspecified atom stereocenters. The molecule has 1 aromatic heterocycles. The first kappa shape index (κ1) is 17.2. The Balaban J connectivity index is 1.74. The van der Waals surface area contributed by atoms with Gasteiger partial charge in [0.15, 0.2) is 0 Å². The van der Waals surface area contributed by atoms with E-state index in [1.165, 1.54) is 11.8 Å². The zero-order valence-corrected chi connectivity index (χ0v) is 15.1. The Hall–Kier alpha value is -2.67. The number of anilines is 1. The highest BCUT2D eigenvalue weighted by Gasteiger charge is 2.20. The standard InChI is InChI=1S/C18H19N5OS/c1-12-8-7-9-13(2)16(12)19-17(24)14(3)25-18-20-21-22-23(18)15-10-5-4-6-11-15/h4-11,14H,1-3H3,(H,19,24). The fourth-order valence-electron chi connectivity index (χ4n) is 2.43. The lowest BCUT2D eigenvalue weighted by atomic mass is 10.1. The summed E-state index contributed by atoms with van der Waals surface area (Å²) in [7, 11) is 0. The molecule has 0 bridgehead atoms. The fourth-order valence-corrected chi connectivity index (χ4v) is 3.24. The third-order valence-corrected chi connectivity index (χ3v) is 4.86. The van der Waals surface area contributed by atoms with E-state index in [1.807, 2.05) is 69.3 Å². The van der Waals surface area contributed by atoms with Gasteiger partial charge in [-0.3, -0.25) is 4.79 Å². The molecular weight excluding hydrogens is 334 g/mol. The van der Waals surface area contributed by atoms with Crippen LogP contribution in [0, 0.1) is 13.8 Å². The SMILES string of the molecule is Cc1cccc(C)c1NC(=O)C(C)Sc1nnnn1-c1ccccc1. The number of nitrogens with one attached hydrogen (secondary N) is 1. The van der Waals surface area contributed by atoms with E-state index in [2.05, 4.69) is 20.8 Å². The summed E-state index contributed by atoms with van der Waals surface area (Å²) in [5, 5.41) is 15.0. The highest BCUT2D eigenvalue weighted by atomic mass is 32.2. The molecule has 0 aliphatic rings. The third-order valence-electron chi connectivity index (χ3n) is 3.82. The maximum Gasteiger partial charge on any atom is 0.237 e. The molecule has 0 fully saturated rings. The first-order valence-electron chi connectivity index (χ1n) is 7.94. The maximum absolute atomic E-state index is 12.6. The van der Waals surface area contributed by atoms with Gasteiger partial charge in [-0.05, 0) is 54.5 Å². The number of carbonyl (C=O) groups excluding carboxylic acids is 1. The van der Waals surface area contributed by atoms with Gasteiger partial charge in [0.05, 0.1) is 10.9 Å². The van der Waals surface area contributed by atoms with E-state index in [0.29, 0.717) is 5.16 Å². The van der Waals surface area contributed by atoms with Crippen LogP contribution in [0.2, 0.25) is 0 Å². The fraction of sp³-hybridized carbons (Fsp3) is 0.222. The van der Waals surface area contributed by atoms with Gasteiger partial charge in [-0.2, -0.15) is 4.68 Å². The molecule has 3 aromatic rings. The number of nitrogens with zero attached hydrogens (tertiary/aromatic N) is 4. The number of rotatable bonds is 5. The predicted molar refractivity (Wildman–Crippen MR) is 99.0 cm³/mol. The van der Waals surface area contributed by atoms with Crippen LogP contribution < -0.4 is 5.32 Å². The zero-order chi connectivity index (χ0) is 17.8. The van der Waals surface area contributed by atoms with Gasteiger partial charge < -0.3 is 5.32 Å². The van der Waals surface area contributed by atoms with Crippen LogP contribution >= 0.6 is 11.8 Å². The molecule has 7 heteroatoms. The van der Waals surface area contributed by atoms with Crippen molar-refractivity contribution >= 4 is 23.4 Å². The summed E-state index contributed by atoms with van der Waals surface area (Å²) in [5.41, 5.74) is 3.80. The Bertz CT molecular complexity index is 858. The maximum atomic E-state index is 12.6. The number of tetrazole rings is 1. The van der Waals surface area contributed by atoms with Crippen molar-refractivity contribution in [2.24, 2.45) is 0 Å². The van der Waals surface area contributed by atoms with Gasteiger partial charge in [0, 0.05) is 5.69 Å². The lowest BCUT2D eigenvalue weighted by Crippen LogP contribution is -2.23. The van der Waals surface area contributed by atoms with E-state index < -0.39 is 0 Å². The largest absolute Gasteiger partial charge is 0.325 e. The molecule has 1 atom stereocenters. The highest BCUT2D eigenvalue weighted by molar-refractivity contribution is 8.00. The molecule has 3 rings (SSSR count). The van der Waals surface area contributed by atoms with E-state index >= 15 is 0 Å². The zero-order valence-electron chi connectivity index (χ0n) is 14.3. The summed E-state index contributed by atoms with van der Waals surface area (Å²) >= 11 is 1.33. The van der Waals surface area contributed by atoms with Crippen LogP contribution in [0.3, 0.4) is 0 Å². The normalized spacial score (nSPS) is 12.0. The Morgan fingerprint density at radius 3 is 2.44 bits per heavy atom. The second-order valence-electron chi connectivity index (χ2n) is 5.72. The van der Waals surface area contributed by atoms with E-state index in [1.54, 1.807) is 4.68 Å². The van der Waals surface area contributed by atoms with Crippen LogP contribution in [-0.2, 0) is 4.79 Å². The van der Waals surface area contributed by atoms with E-state index in [9.17, 15) is 4.79 Å². The van der Waals surface area contributed by atoms with Crippen molar-refractivity contribution in [2.75, 3.05) is 5.32 Å².